The van der Waals surface area contributed by atoms with E-state index in [0.29, 0.717) is 11.5 Å². The van der Waals surface area contributed by atoms with Crippen LogP contribution >= 0.6 is 0 Å². The van der Waals surface area contributed by atoms with Crippen LogP contribution in [0.1, 0.15) is 45.6 Å². The van der Waals surface area contributed by atoms with Crippen LogP contribution in [0.4, 0.5) is 4.39 Å². The normalized spacial score (nSPS) is 27.4. The highest BCUT2D eigenvalue weighted by molar-refractivity contribution is 5.30. The molecule has 0 radical (unpaired) electrons. The number of halogens is 1. The van der Waals surface area contributed by atoms with E-state index in [2.05, 4.69) is 20.8 Å². The fraction of sp³-hybridized carbons (Fsp3) is 0.647. The molecule has 3 atom stereocenters. The largest absolute Gasteiger partial charge is 0.485 e. The number of benzene rings is 1. The Bertz CT molecular complexity index is 465. The Morgan fingerprint density at radius 2 is 1.95 bits per heavy atom. The summed E-state index contributed by atoms with van der Waals surface area (Å²) in [6.07, 6.45) is 1.68. The molecule has 1 fully saturated rings. The van der Waals surface area contributed by atoms with Gasteiger partial charge in [0.05, 0.1) is 6.10 Å². The Kier molecular flexibility index (Phi) is 4.38. The second kappa shape index (κ2) is 5.72. The summed E-state index contributed by atoms with van der Waals surface area (Å²) in [5.41, 5.74) is 0.757. The molecule has 0 heterocycles. The molecule has 112 valence electrons. The standard InChI is InChI=1S/C17H25FO2/c1-11-6-5-7-14(16(11)18)20-15-10-12(17(2,3)4)8-9-13(15)19/h5-7,12-13,15,19H,8-10H2,1-4H3. The van der Waals surface area contributed by atoms with Crippen molar-refractivity contribution in [3.8, 4) is 5.75 Å². The highest BCUT2D eigenvalue weighted by Gasteiger charge is 2.36. The van der Waals surface area contributed by atoms with E-state index in [4.69, 9.17) is 4.74 Å². The van der Waals surface area contributed by atoms with Crippen molar-refractivity contribution in [2.75, 3.05) is 0 Å². The van der Waals surface area contributed by atoms with Gasteiger partial charge < -0.3 is 9.84 Å². The van der Waals surface area contributed by atoms with Crippen LogP contribution in [-0.4, -0.2) is 17.3 Å². The number of aryl methyl sites for hydroxylation is 1. The van der Waals surface area contributed by atoms with Crippen LogP contribution in [0.15, 0.2) is 18.2 Å². The number of rotatable bonds is 2. The van der Waals surface area contributed by atoms with Crippen molar-refractivity contribution < 1.29 is 14.2 Å². The average molecular weight is 280 g/mol. The van der Waals surface area contributed by atoms with E-state index in [9.17, 15) is 9.50 Å². The molecule has 0 spiro atoms. The maximum absolute atomic E-state index is 14.0. The van der Waals surface area contributed by atoms with Gasteiger partial charge in [0.1, 0.15) is 6.10 Å². The molecule has 0 amide bonds. The van der Waals surface area contributed by atoms with E-state index in [1.807, 2.05) is 0 Å². The molecule has 0 aromatic heterocycles. The second-order valence-corrected chi connectivity index (χ2v) is 6.99. The highest BCUT2D eigenvalue weighted by Crippen LogP contribution is 2.39. The molecule has 20 heavy (non-hydrogen) atoms. The molecule has 2 rings (SSSR count). The summed E-state index contributed by atoms with van der Waals surface area (Å²) in [5.74, 6) is 0.421. The predicted octanol–water partition coefficient (Wildman–Crippen LogP) is 4.09. The first-order valence-corrected chi connectivity index (χ1v) is 7.39. The minimum absolute atomic E-state index is 0.187. The molecule has 0 saturated heterocycles. The van der Waals surface area contributed by atoms with Crippen LogP contribution in [0.3, 0.4) is 0 Å². The first-order valence-electron chi connectivity index (χ1n) is 7.39. The molecule has 1 aliphatic carbocycles. The van der Waals surface area contributed by atoms with E-state index >= 15 is 0 Å². The van der Waals surface area contributed by atoms with Crippen LogP contribution in [-0.2, 0) is 0 Å². The molecule has 1 N–H and O–H groups in total. The van der Waals surface area contributed by atoms with Crippen molar-refractivity contribution in [3.05, 3.63) is 29.6 Å². The third-order valence-electron chi connectivity index (χ3n) is 4.42. The first kappa shape index (κ1) is 15.3. The maximum atomic E-state index is 14.0. The maximum Gasteiger partial charge on any atom is 0.167 e. The first-order chi connectivity index (χ1) is 9.29. The number of aliphatic hydroxyl groups excluding tert-OH is 1. The Morgan fingerprint density at radius 3 is 2.60 bits per heavy atom. The zero-order valence-corrected chi connectivity index (χ0v) is 12.8. The van der Waals surface area contributed by atoms with Crippen LogP contribution in [0, 0.1) is 24.1 Å². The molecule has 0 aliphatic heterocycles. The molecule has 1 aromatic carbocycles. The van der Waals surface area contributed by atoms with Gasteiger partial charge in [-0.05, 0) is 49.1 Å². The van der Waals surface area contributed by atoms with Crippen molar-refractivity contribution in [1.29, 1.82) is 0 Å². The minimum Gasteiger partial charge on any atom is -0.485 e. The lowest BCUT2D eigenvalue weighted by molar-refractivity contribution is -0.0312. The third-order valence-corrected chi connectivity index (χ3v) is 4.42. The Labute approximate surface area is 121 Å². The summed E-state index contributed by atoms with van der Waals surface area (Å²) in [6.45, 7) is 8.34. The van der Waals surface area contributed by atoms with Gasteiger partial charge in [0.25, 0.3) is 0 Å². The fourth-order valence-electron chi connectivity index (χ4n) is 2.90. The van der Waals surface area contributed by atoms with E-state index in [-0.39, 0.29) is 23.1 Å². The van der Waals surface area contributed by atoms with Gasteiger partial charge in [-0.1, -0.05) is 32.9 Å². The summed E-state index contributed by atoms with van der Waals surface area (Å²) in [7, 11) is 0. The Morgan fingerprint density at radius 1 is 1.25 bits per heavy atom. The van der Waals surface area contributed by atoms with Gasteiger partial charge in [0.2, 0.25) is 0 Å². The molecule has 2 nitrogen and oxygen atoms in total. The molecular weight excluding hydrogens is 255 g/mol. The van der Waals surface area contributed by atoms with Gasteiger partial charge in [-0.25, -0.2) is 4.39 Å². The van der Waals surface area contributed by atoms with Crippen molar-refractivity contribution in [1.82, 2.24) is 0 Å². The predicted molar refractivity (Wildman–Crippen MR) is 78.4 cm³/mol. The van der Waals surface area contributed by atoms with Gasteiger partial charge in [0.15, 0.2) is 11.6 Å². The van der Waals surface area contributed by atoms with Gasteiger partial charge in [-0.3, -0.25) is 0 Å². The molecule has 3 heteroatoms. The minimum atomic E-state index is -0.506. The summed E-state index contributed by atoms with van der Waals surface area (Å²) in [6, 6.07) is 5.14. The van der Waals surface area contributed by atoms with E-state index in [0.717, 1.165) is 19.3 Å². The molecule has 1 saturated carbocycles. The zero-order chi connectivity index (χ0) is 14.9. The molecule has 1 aliphatic rings. The van der Waals surface area contributed by atoms with Gasteiger partial charge >= 0.3 is 0 Å². The van der Waals surface area contributed by atoms with Gasteiger partial charge in [-0.2, -0.15) is 0 Å². The fourth-order valence-corrected chi connectivity index (χ4v) is 2.90. The van der Waals surface area contributed by atoms with Crippen molar-refractivity contribution >= 4 is 0 Å². The van der Waals surface area contributed by atoms with E-state index < -0.39 is 6.10 Å². The summed E-state index contributed by atoms with van der Waals surface area (Å²) in [4.78, 5) is 0. The number of aliphatic hydroxyl groups is 1. The van der Waals surface area contributed by atoms with Crippen molar-refractivity contribution in [3.63, 3.8) is 0 Å². The van der Waals surface area contributed by atoms with Gasteiger partial charge in [0, 0.05) is 0 Å². The lowest BCUT2D eigenvalue weighted by atomic mass is 9.71. The average Bonchev–Trinajstić information content (AvgIpc) is 2.36. The summed E-state index contributed by atoms with van der Waals surface area (Å²) < 4.78 is 19.8. The van der Waals surface area contributed by atoms with Crippen molar-refractivity contribution in [2.24, 2.45) is 11.3 Å². The smallest absolute Gasteiger partial charge is 0.167 e. The Balaban J connectivity index is 2.12. The van der Waals surface area contributed by atoms with Crippen LogP contribution in [0.2, 0.25) is 0 Å². The third kappa shape index (κ3) is 3.32. The number of hydrogen-bond acceptors (Lipinski definition) is 2. The van der Waals surface area contributed by atoms with Crippen LogP contribution < -0.4 is 4.74 Å². The topological polar surface area (TPSA) is 29.5 Å². The van der Waals surface area contributed by atoms with E-state index in [1.54, 1.807) is 25.1 Å². The number of ether oxygens (including phenoxy) is 1. The SMILES string of the molecule is Cc1cccc(OC2CC(C(C)(C)C)CCC2O)c1F. The molecular formula is C17H25FO2. The molecule has 1 aromatic rings. The molecule has 0 bridgehead atoms. The van der Waals surface area contributed by atoms with Gasteiger partial charge in [-0.15, -0.1) is 0 Å². The van der Waals surface area contributed by atoms with Crippen LogP contribution in [0.5, 0.6) is 5.75 Å². The quantitative estimate of drug-likeness (QED) is 0.884. The lowest BCUT2D eigenvalue weighted by Gasteiger charge is -2.40. The van der Waals surface area contributed by atoms with Crippen LogP contribution in [0.25, 0.3) is 0 Å². The summed E-state index contributed by atoms with van der Waals surface area (Å²) >= 11 is 0. The second-order valence-electron chi connectivity index (χ2n) is 6.99. The molecule has 3 unspecified atom stereocenters. The zero-order valence-electron chi connectivity index (χ0n) is 12.8. The number of hydrogen-bond donors (Lipinski definition) is 1. The van der Waals surface area contributed by atoms with Crippen molar-refractivity contribution in [2.45, 2.75) is 59.2 Å². The van der Waals surface area contributed by atoms with E-state index in [1.165, 1.54) is 0 Å². The Hall–Kier alpha value is -1.09. The highest BCUT2D eigenvalue weighted by atomic mass is 19.1. The monoisotopic (exact) mass is 280 g/mol. The summed E-state index contributed by atoms with van der Waals surface area (Å²) in [5, 5.41) is 10.1. The lowest BCUT2D eigenvalue weighted by Crippen LogP contribution is -2.41.